The molecule has 1 aliphatic heterocycles. The Balaban J connectivity index is 0.000000720. The van der Waals surface area contributed by atoms with Crippen molar-refractivity contribution in [3.63, 3.8) is 0 Å². The van der Waals surface area contributed by atoms with Gasteiger partial charge in [-0.2, -0.15) is 0 Å². The minimum absolute atomic E-state index is 0. The highest BCUT2D eigenvalue weighted by molar-refractivity contribution is 5.85. The summed E-state index contributed by atoms with van der Waals surface area (Å²) in [5, 5.41) is 0. The number of hydrazine groups is 1. The van der Waals surface area contributed by atoms with Crippen molar-refractivity contribution in [2.75, 3.05) is 6.54 Å². The molecule has 4 nitrogen and oxygen atoms in total. The van der Waals surface area contributed by atoms with Crippen LogP contribution in [0.25, 0.3) is 0 Å². The Kier molecular flexibility index (Phi) is 4.64. The van der Waals surface area contributed by atoms with Crippen LogP contribution in [0, 0.1) is 4.91 Å². The van der Waals surface area contributed by atoms with Crippen molar-refractivity contribution in [2.45, 2.75) is 44.1 Å². The fourth-order valence-electron chi connectivity index (χ4n) is 2.28. The summed E-state index contributed by atoms with van der Waals surface area (Å²) in [6, 6.07) is 0. The fraction of sp³-hybridized carbons (Fsp3) is 1.00. The average Bonchev–Trinajstić information content (AvgIpc) is 2.34. The second kappa shape index (κ2) is 4.77. The minimum Gasteiger partial charge on any atom is -0.412 e. The van der Waals surface area contributed by atoms with Gasteiger partial charge in [-0.1, -0.05) is 19.3 Å². The van der Waals surface area contributed by atoms with E-state index in [1.807, 2.05) is 0 Å². The van der Waals surface area contributed by atoms with Gasteiger partial charge in [0.05, 0.1) is 4.91 Å². The van der Waals surface area contributed by atoms with E-state index in [0.717, 1.165) is 11.3 Å². The third-order valence-corrected chi connectivity index (χ3v) is 2.97. The molecule has 78 valence electrons. The molecular weight excluding hydrogens is 192 g/mol. The standard InChI is InChI=1S/C8H15N2O.ClH.H2O/c11-10-7-6-8(9-10)4-2-1-3-5-8;;/h1-7H2,(H,9,11);1H;1H2/q+1;;. The van der Waals surface area contributed by atoms with Crippen LogP contribution in [0.1, 0.15) is 38.5 Å². The summed E-state index contributed by atoms with van der Waals surface area (Å²) in [6.07, 6.45) is 7.39. The first kappa shape index (κ1) is 12.7. The lowest BCUT2D eigenvalue weighted by molar-refractivity contribution is -0.593. The van der Waals surface area contributed by atoms with Gasteiger partial charge in [-0.25, -0.2) is 0 Å². The van der Waals surface area contributed by atoms with Gasteiger partial charge in [0.25, 0.3) is 0 Å². The van der Waals surface area contributed by atoms with Crippen LogP contribution in [0.4, 0.5) is 0 Å². The summed E-state index contributed by atoms with van der Waals surface area (Å²) < 4.78 is 0. The van der Waals surface area contributed by atoms with Gasteiger partial charge >= 0.3 is 0 Å². The zero-order chi connectivity index (χ0) is 7.73. The lowest BCUT2D eigenvalue weighted by Gasteiger charge is -2.28. The molecule has 0 aromatic heterocycles. The molecule has 0 aromatic carbocycles. The molecule has 0 atom stereocenters. The molecule has 13 heavy (non-hydrogen) atoms. The molecule has 1 saturated heterocycles. The summed E-state index contributed by atoms with van der Waals surface area (Å²) >= 11 is 0. The molecule has 1 saturated carbocycles. The average molecular weight is 210 g/mol. The van der Waals surface area contributed by atoms with Crippen molar-refractivity contribution in [3.8, 4) is 0 Å². The van der Waals surface area contributed by atoms with Crippen LogP contribution in [0.5, 0.6) is 0 Å². The first-order valence-corrected chi connectivity index (χ1v) is 4.53. The number of nitrogens with zero attached hydrogens (tertiary/aromatic N) is 1. The first-order valence-electron chi connectivity index (χ1n) is 4.53. The van der Waals surface area contributed by atoms with Crippen LogP contribution in [-0.2, 0) is 0 Å². The van der Waals surface area contributed by atoms with Crippen LogP contribution in [0.2, 0.25) is 0 Å². The van der Waals surface area contributed by atoms with Gasteiger partial charge in [0, 0.05) is 6.42 Å². The molecule has 0 amide bonds. The van der Waals surface area contributed by atoms with E-state index >= 15 is 0 Å². The van der Waals surface area contributed by atoms with Crippen LogP contribution >= 0.6 is 12.4 Å². The molecule has 1 heterocycles. The van der Waals surface area contributed by atoms with E-state index in [-0.39, 0.29) is 23.4 Å². The summed E-state index contributed by atoms with van der Waals surface area (Å²) in [5.74, 6) is 0. The molecule has 2 rings (SSSR count). The molecule has 0 radical (unpaired) electrons. The molecule has 2 fully saturated rings. The Hall–Kier alpha value is -0.350. The minimum atomic E-state index is 0. The predicted octanol–water partition coefficient (Wildman–Crippen LogP) is 0.974. The normalized spacial score (nSPS) is 24.5. The molecule has 0 aromatic rings. The fourth-order valence-corrected chi connectivity index (χ4v) is 2.28. The van der Waals surface area contributed by atoms with Crippen molar-refractivity contribution >= 4 is 12.4 Å². The van der Waals surface area contributed by atoms with E-state index in [9.17, 15) is 4.91 Å². The van der Waals surface area contributed by atoms with E-state index in [0.29, 0.717) is 6.54 Å². The van der Waals surface area contributed by atoms with Crippen LogP contribution in [0.15, 0.2) is 0 Å². The Morgan fingerprint density at radius 2 is 1.69 bits per heavy atom. The van der Waals surface area contributed by atoms with E-state index in [1.165, 1.54) is 32.1 Å². The monoisotopic (exact) mass is 209 g/mol. The van der Waals surface area contributed by atoms with Crippen molar-refractivity contribution in [2.24, 2.45) is 0 Å². The Morgan fingerprint density at radius 3 is 2.15 bits per heavy atom. The maximum atomic E-state index is 10.9. The smallest absolute Gasteiger partial charge is 0.227 e. The number of hydrogen-bond donors (Lipinski definition) is 1. The zero-order valence-corrected chi connectivity index (χ0v) is 8.53. The van der Waals surface area contributed by atoms with E-state index in [2.05, 4.69) is 5.43 Å². The second-order valence-corrected chi connectivity index (χ2v) is 3.80. The lowest BCUT2D eigenvalue weighted by atomic mass is 9.81. The second-order valence-electron chi connectivity index (χ2n) is 3.80. The highest BCUT2D eigenvalue weighted by Crippen LogP contribution is 2.33. The van der Waals surface area contributed by atoms with Gasteiger partial charge < -0.3 is 5.48 Å². The Labute approximate surface area is 84.3 Å². The van der Waals surface area contributed by atoms with Gasteiger partial charge in [0.2, 0.25) is 6.54 Å². The molecule has 5 heteroatoms. The number of nitrogens with one attached hydrogen (secondary N) is 1. The lowest BCUT2D eigenvalue weighted by Crippen LogP contribution is -2.43. The first-order chi connectivity index (χ1) is 5.31. The molecule has 1 spiro atoms. The Morgan fingerprint density at radius 1 is 1.08 bits per heavy atom. The number of halogens is 1. The van der Waals surface area contributed by atoms with Crippen molar-refractivity contribution in [1.82, 2.24) is 5.43 Å². The van der Waals surface area contributed by atoms with Crippen LogP contribution < -0.4 is 5.43 Å². The predicted molar refractivity (Wildman–Crippen MR) is 52.9 cm³/mol. The third-order valence-electron chi connectivity index (χ3n) is 2.97. The van der Waals surface area contributed by atoms with E-state index < -0.39 is 0 Å². The maximum Gasteiger partial charge on any atom is 0.227 e. The zero-order valence-electron chi connectivity index (χ0n) is 7.71. The van der Waals surface area contributed by atoms with E-state index in [4.69, 9.17) is 0 Å². The number of hydrogen-bond acceptors (Lipinski definition) is 1. The van der Waals surface area contributed by atoms with Gasteiger partial charge in [-0.05, 0) is 12.8 Å². The number of nitroso groups, excluding NO2 is 1. The molecule has 1 aliphatic carbocycles. The third kappa shape index (κ3) is 2.54. The highest BCUT2D eigenvalue weighted by atomic mass is 35.5. The number of rotatable bonds is 0. The van der Waals surface area contributed by atoms with Crippen molar-refractivity contribution in [1.29, 1.82) is 0 Å². The van der Waals surface area contributed by atoms with Crippen LogP contribution in [0.3, 0.4) is 0 Å². The summed E-state index contributed by atoms with van der Waals surface area (Å²) in [5.41, 5.74) is 3.26. The topological polar surface area (TPSA) is 63.6 Å². The van der Waals surface area contributed by atoms with Crippen molar-refractivity contribution < 1.29 is 10.3 Å². The van der Waals surface area contributed by atoms with E-state index in [1.54, 1.807) is 0 Å². The van der Waals surface area contributed by atoms with Crippen LogP contribution in [-0.4, -0.2) is 22.4 Å². The molecule has 0 bridgehead atoms. The summed E-state index contributed by atoms with van der Waals surface area (Å²) in [4.78, 5) is 11.9. The molecule has 2 aliphatic rings. The van der Waals surface area contributed by atoms with Gasteiger partial charge in [-0.3, -0.25) is 0 Å². The SMILES string of the molecule is Cl.O.O=[N+]1CCC2(CCCCC2)N1. The van der Waals surface area contributed by atoms with Gasteiger partial charge in [0.15, 0.2) is 0 Å². The summed E-state index contributed by atoms with van der Waals surface area (Å²) in [6.45, 7) is 0.681. The Bertz CT molecular complexity index is 181. The molecule has 0 unspecified atom stereocenters. The highest BCUT2D eigenvalue weighted by Gasteiger charge is 2.43. The van der Waals surface area contributed by atoms with Gasteiger partial charge in [-0.15, -0.1) is 17.8 Å². The summed E-state index contributed by atoms with van der Waals surface area (Å²) in [7, 11) is 0. The van der Waals surface area contributed by atoms with Crippen molar-refractivity contribution in [3.05, 3.63) is 4.91 Å². The molecule has 3 N–H and O–H groups in total. The van der Waals surface area contributed by atoms with Gasteiger partial charge in [0.1, 0.15) is 10.4 Å². The maximum absolute atomic E-state index is 10.9. The molecular formula is C8H18ClN2O2+. The largest absolute Gasteiger partial charge is 0.412 e. The quantitative estimate of drug-likeness (QED) is 0.605.